The summed E-state index contributed by atoms with van der Waals surface area (Å²) in [5.41, 5.74) is 2.39. The number of fused-ring (bicyclic) bond motifs is 1. The van der Waals surface area contributed by atoms with Crippen LogP contribution in [0.15, 0.2) is 59.9 Å². The molecule has 0 saturated carbocycles. The number of nitrogens with zero attached hydrogens (tertiary/aromatic N) is 3. The number of carbonyl (C=O) groups is 1. The summed E-state index contributed by atoms with van der Waals surface area (Å²) in [6.07, 6.45) is 3.83. The quantitative estimate of drug-likeness (QED) is 0.313. The van der Waals surface area contributed by atoms with E-state index in [4.69, 9.17) is 4.74 Å². The molecule has 1 fully saturated rings. The van der Waals surface area contributed by atoms with Gasteiger partial charge in [0.05, 0.1) is 17.9 Å². The molecule has 3 heterocycles. The van der Waals surface area contributed by atoms with Crippen LogP contribution in [0.3, 0.4) is 0 Å². The molecule has 1 saturated heterocycles. The van der Waals surface area contributed by atoms with Crippen LogP contribution in [0.1, 0.15) is 30.1 Å². The summed E-state index contributed by atoms with van der Waals surface area (Å²) in [4.78, 5) is 16.4. The molecule has 1 aliphatic rings. The molecule has 0 aliphatic carbocycles. The molecule has 1 N–H and O–H groups in total. The number of ether oxygens (including phenoxy) is 1. The van der Waals surface area contributed by atoms with Gasteiger partial charge in [0.25, 0.3) is 0 Å². The topological polar surface area (TPSA) is 72.8 Å². The molecule has 0 spiro atoms. The van der Waals surface area contributed by atoms with E-state index in [0.717, 1.165) is 35.9 Å². The standard InChI is InChI=1S/C24H23FN4O2S/c1-15(22(30)20-13-26-21-7-3-2-6-19(20)21)32-24-28-27-23(16-8-10-17(25)11-9-16)29(24)14-18-5-4-12-31-18/h2-3,6-11,13,15,18,26H,4-5,12,14H2,1H3/t15-,18-/m0/s1. The fourth-order valence-corrected chi connectivity index (χ4v) is 4.98. The number of nitrogens with one attached hydrogen (secondary N) is 1. The molecule has 0 bridgehead atoms. The molecule has 2 aromatic carbocycles. The summed E-state index contributed by atoms with van der Waals surface area (Å²) >= 11 is 1.38. The van der Waals surface area contributed by atoms with Crippen LogP contribution in [-0.4, -0.2) is 43.5 Å². The van der Waals surface area contributed by atoms with Crippen molar-refractivity contribution in [3.63, 3.8) is 0 Å². The minimum Gasteiger partial charge on any atom is -0.376 e. The number of Topliss-reactive ketones (excluding diaryl/α,β-unsaturated/α-hetero) is 1. The molecule has 2 atom stereocenters. The van der Waals surface area contributed by atoms with Gasteiger partial charge in [-0.2, -0.15) is 0 Å². The van der Waals surface area contributed by atoms with Crippen LogP contribution >= 0.6 is 11.8 Å². The van der Waals surface area contributed by atoms with Gasteiger partial charge in [-0.1, -0.05) is 30.0 Å². The third-order valence-electron chi connectivity index (χ3n) is 5.74. The Kier molecular flexibility index (Phi) is 5.80. The van der Waals surface area contributed by atoms with Crippen LogP contribution in [0.4, 0.5) is 4.39 Å². The summed E-state index contributed by atoms with van der Waals surface area (Å²) in [7, 11) is 0. The zero-order valence-corrected chi connectivity index (χ0v) is 18.4. The van der Waals surface area contributed by atoms with Crippen molar-refractivity contribution in [2.75, 3.05) is 6.61 Å². The summed E-state index contributed by atoms with van der Waals surface area (Å²) in [5, 5.41) is 9.98. The van der Waals surface area contributed by atoms with E-state index < -0.39 is 0 Å². The first-order valence-corrected chi connectivity index (χ1v) is 11.6. The number of para-hydroxylation sites is 1. The van der Waals surface area contributed by atoms with E-state index in [-0.39, 0.29) is 23.0 Å². The molecule has 0 radical (unpaired) electrons. The predicted octanol–water partition coefficient (Wildman–Crippen LogP) is 5.11. The Bertz CT molecular complexity index is 1240. The van der Waals surface area contributed by atoms with Gasteiger partial charge in [-0.25, -0.2) is 4.39 Å². The molecule has 1 aliphatic heterocycles. The lowest BCUT2D eigenvalue weighted by Gasteiger charge is -2.16. The number of carbonyl (C=O) groups excluding carboxylic acids is 1. The van der Waals surface area contributed by atoms with Gasteiger partial charge in [0.15, 0.2) is 16.8 Å². The first-order chi connectivity index (χ1) is 15.6. The van der Waals surface area contributed by atoms with Gasteiger partial charge in [0.1, 0.15) is 5.82 Å². The lowest BCUT2D eigenvalue weighted by atomic mass is 10.1. The first-order valence-electron chi connectivity index (χ1n) is 10.7. The van der Waals surface area contributed by atoms with Crippen molar-refractivity contribution >= 4 is 28.4 Å². The second-order valence-electron chi connectivity index (χ2n) is 7.93. The Labute approximate surface area is 189 Å². The van der Waals surface area contributed by atoms with E-state index in [2.05, 4.69) is 15.2 Å². The van der Waals surface area contributed by atoms with Gasteiger partial charge in [-0.3, -0.25) is 9.36 Å². The van der Waals surface area contributed by atoms with Crippen molar-refractivity contribution in [3.8, 4) is 11.4 Å². The highest BCUT2D eigenvalue weighted by molar-refractivity contribution is 8.00. The van der Waals surface area contributed by atoms with Gasteiger partial charge in [-0.05, 0) is 50.1 Å². The van der Waals surface area contributed by atoms with Crippen LogP contribution < -0.4 is 0 Å². The highest BCUT2D eigenvalue weighted by Gasteiger charge is 2.26. The third kappa shape index (κ3) is 4.08. The maximum absolute atomic E-state index is 13.4. The third-order valence-corrected chi connectivity index (χ3v) is 6.82. The average Bonchev–Trinajstić information content (AvgIpc) is 3.55. The maximum atomic E-state index is 13.4. The molecule has 32 heavy (non-hydrogen) atoms. The number of hydrogen-bond donors (Lipinski definition) is 1. The Morgan fingerprint density at radius 1 is 1.25 bits per heavy atom. The van der Waals surface area contributed by atoms with Crippen LogP contribution in [0.2, 0.25) is 0 Å². The molecular formula is C24H23FN4O2S. The zero-order valence-electron chi connectivity index (χ0n) is 17.6. The van der Waals surface area contributed by atoms with E-state index >= 15 is 0 Å². The zero-order chi connectivity index (χ0) is 22.1. The van der Waals surface area contributed by atoms with Crippen molar-refractivity contribution in [1.82, 2.24) is 19.7 Å². The molecule has 5 rings (SSSR count). The van der Waals surface area contributed by atoms with Gasteiger partial charge in [-0.15, -0.1) is 10.2 Å². The summed E-state index contributed by atoms with van der Waals surface area (Å²) in [5.74, 6) is 0.378. The van der Waals surface area contributed by atoms with E-state index in [9.17, 15) is 9.18 Å². The molecular weight excluding hydrogens is 427 g/mol. The van der Waals surface area contributed by atoms with E-state index in [0.29, 0.717) is 23.1 Å². The largest absolute Gasteiger partial charge is 0.376 e. The molecule has 0 amide bonds. The van der Waals surface area contributed by atoms with Crippen molar-refractivity contribution in [2.24, 2.45) is 0 Å². The smallest absolute Gasteiger partial charge is 0.192 e. The van der Waals surface area contributed by atoms with Crippen molar-refractivity contribution < 1.29 is 13.9 Å². The Morgan fingerprint density at radius 2 is 2.06 bits per heavy atom. The lowest BCUT2D eigenvalue weighted by molar-refractivity contribution is 0.0953. The second-order valence-corrected chi connectivity index (χ2v) is 9.24. The van der Waals surface area contributed by atoms with Crippen LogP contribution in [0, 0.1) is 5.82 Å². The average molecular weight is 451 g/mol. The van der Waals surface area contributed by atoms with E-state index in [1.807, 2.05) is 35.8 Å². The molecule has 0 unspecified atom stereocenters. The van der Waals surface area contributed by atoms with Gasteiger partial charge < -0.3 is 9.72 Å². The van der Waals surface area contributed by atoms with E-state index in [1.165, 1.54) is 23.9 Å². The molecule has 4 aromatic rings. The number of ketones is 1. The molecule has 6 nitrogen and oxygen atoms in total. The number of benzene rings is 2. The van der Waals surface area contributed by atoms with Gasteiger partial charge in [0, 0.05) is 34.8 Å². The maximum Gasteiger partial charge on any atom is 0.192 e. The predicted molar refractivity (Wildman–Crippen MR) is 122 cm³/mol. The number of aromatic amines is 1. The van der Waals surface area contributed by atoms with Crippen molar-refractivity contribution in [1.29, 1.82) is 0 Å². The van der Waals surface area contributed by atoms with Gasteiger partial charge in [0.2, 0.25) is 0 Å². The number of halogens is 1. The summed E-state index contributed by atoms with van der Waals surface area (Å²) < 4.78 is 21.3. The SMILES string of the molecule is C[C@H](Sc1nnc(-c2ccc(F)cc2)n1C[C@@H]1CCCO1)C(=O)c1c[nH]c2ccccc12. The summed E-state index contributed by atoms with van der Waals surface area (Å²) in [6.45, 7) is 3.23. The highest BCUT2D eigenvalue weighted by atomic mass is 32.2. The molecule has 164 valence electrons. The van der Waals surface area contributed by atoms with Crippen molar-refractivity contribution in [2.45, 2.75) is 42.8 Å². The number of rotatable bonds is 7. The normalized spacial score (nSPS) is 17.1. The Hall–Kier alpha value is -2.97. The number of aromatic nitrogens is 4. The summed E-state index contributed by atoms with van der Waals surface area (Å²) in [6, 6.07) is 14.0. The molecule has 2 aromatic heterocycles. The monoisotopic (exact) mass is 450 g/mol. The minimum atomic E-state index is -0.359. The van der Waals surface area contributed by atoms with Gasteiger partial charge >= 0.3 is 0 Å². The van der Waals surface area contributed by atoms with Crippen LogP contribution in [-0.2, 0) is 11.3 Å². The second kappa shape index (κ2) is 8.88. The number of hydrogen-bond acceptors (Lipinski definition) is 5. The Morgan fingerprint density at radius 3 is 2.84 bits per heavy atom. The van der Waals surface area contributed by atoms with Crippen LogP contribution in [0.25, 0.3) is 22.3 Å². The van der Waals surface area contributed by atoms with Crippen LogP contribution in [0.5, 0.6) is 0 Å². The Balaban J connectivity index is 1.44. The fourth-order valence-electron chi connectivity index (χ4n) is 4.05. The fraction of sp³-hybridized carbons (Fsp3) is 0.292. The number of thioether (sulfide) groups is 1. The minimum absolute atomic E-state index is 0.0300. The lowest BCUT2D eigenvalue weighted by Crippen LogP contribution is -2.19. The highest BCUT2D eigenvalue weighted by Crippen LogP contribution is 2.31. The van der Waals surface area contributed by atoms with E-state index in [1.54, 1.807) is 18.3 Å². The van der Waals surface area contributed by atoms with Crippen molar-refractivity contribution in [3.05, 3.63) is 66.1 Å². The number of H-pyrrole nitrogens is 1. The molecule has 8 heteroatoms. The first kappa shape index (κ1) is 20.9.